The number of anilines is 5. The van der Waals surface area contributed by atoms with Gasteiger partial charge in [0, 0.05) is 43.0 Å². The topological polar surface area (TPSA) is 139 Å². The molecule has 37 heavy (non-hydrogen) atoms. The standard InChI is InChI=1S/C27H24N6O4/c1-33(2)18-7-4-6-16(12-18)27(37)30-26-20-13-17(9-10-21(20)31-32-26)29-23-22(24(35)25(23)36)28-14-15-5-3-8-19(34)11-15/h3-13,28-29,34H,14H2,1-2H3,(H2,30,31,32,37). The van der Waals surface area contributed by atoms with E-state index in [1.807, 2.05) is 31.1 Å². The minimum absolute atomic E-state index is 0.115. The number of nitrogens with zero attached hydrogens (tertiary/aromatic N) is 2. The van der Waals surface area contributed by atoms with Gasteiger partial charge in [-0.1, -0.05) is 18.2 Å². The van der Waals surface area contributed by atoms with E-state index in [2.05, 4.69) is 26.1 Å². The van der Waals surface area contributed by atoms with E-state index in [1.165, 1.54) is 0 Å². The zero-order valence-corrected chi connectivity index (χ0v) is 20.1. The number of benzene rings is 3. The molecule has 0 bridgehead atoms. The number of aromatic nitrogens is 2. The number of nitrogens with one attached hydrogen (secondary N) is 4. The van der Waals surface area contributed by atoms with Crippen LogP contribution in [0.4, 0.5) is 28.6 Å². The molecule has 4 aromatic carbocycles. The lowest BCUT2D eigenvalue weighted by atomic mass is 10.1. The van der Waals surface area contributed by atoms with Gasteiger partial charge in [0.2, 0.25) is 0 Å². The number of phenols is 1. The van der Waals surface area contributed by atoms with E-state index in [-0.39, 0.29) is 29.6 Å². The number of fused-ring (bicyclic) bond motifs is 1. The van der Waals surface area contributed by atoms with Crippen LogP contribution in [0.2, 0.25) is 0 Å². The molecule has 1 heterocycles. The molecule has 5 aromatic rings. The second-order valence-corrected chi connectivity index (χ2v) is 8.79. The Hall–Kier alpha value is -5.12. The Morgan fingerprint density at radius 1 is 0.973 bits per heavy atom. The van der Waals surface area contributed by atoms with Crippen LogP contribution in [0, 0.1) is 0 Å². The fraction of sp³-hybridized carbons (Fsp3) is 0.111. The van der Waals surface area contributed by atoms with Gasteiger partial charge in [0.15, 0.2) is 5.82 Å². The first-order valence-corrected chi connectivity index (χ1v) is 11.5. The molecule has 0 saturated carbocycles. The second kappa shape index (κ2) is 9.50. The fourth-order valence-electron chi connectivity index (χ4n) is 3.97. The monoisotopic (exact) mass is 496 g/mol. The molecule has 0 spiro atoms. The van der Waals surface area contributed by atoms with Crippen molar-refractivity contribution in [3.8, 4) is 5.75 Å². The summed E-state index contributed by atoms with van der Waals surface area (Å²) >= 11 is 0. The predicted molar refractivity (Wildman–Crippen MR) is 145 cm³/mol. The molecule has 0 radical (unpaired) electrons. The maximum Gasteiger partial charge on any atom is 0.256 e. The van der Waals surface area contributed by atoms with Crippen LogP contribution in [0.3, 0.4) is 0 Å². The van der Waals surface area contributed by atoms with Crippen LogP contribution in [-0.4, -0.2) is 35.3 Å². The van der Waals surface area contributed by atoms with Crippen LogP contribution in [0.25, 0.3) is 10.9 Å². The minimum Gasteiger partial charge on any atom is -0.508 e. The largest absolute Gasteiger partial charge is 0.508 e. The summed E-state index contributed by atoms with van der Waals surface area (Å²) in [6, 6.07) is 19.1. The quantitative estimate of drug-likeness (QED) is 0.206. The van der Waals surface area contributed by atoms with Gasteiger partial charge in [0.1, 0.15) is 17.1 Å². The number of H-pyrrole nitrogens is 1. The zero-order chi connectivity index (χ0) is 26.1. The maximum absolute atomic E-state index is 12.9. The van der Waals surface area contributed by atoms with Crippen LogP contribution in [0.1, 0.15) is 15.9 Å². The first kappa shape index (κ1) is 23.6. The molecule has 0 saturated heterocycles. The Kier molecular flexibility index (Phi) is 6.06. The van der Waals surface area contributed by atoms with E-state index in [0.29, 0.717) is 28.0 Å². The van der Waals surface area contributed by atoms with Gasteiger partial charge < -0.3 is 26.0 Å². The number of aromatic hydroxyl groups is 1. The summed E-state index contributed by atoms with van der Waals surface area (Å²) in [5.41, 5.74) is 2.47. The highest BCUT2D eigenvalue weighted by atomic mass is 16.3. The van der Waals surface area contributed by atoms with Crippen molar-refractivity contribution in [2.75, 3.05) is 34.9 Å². The van der Waals surface area contributed by atoms with Crippen molar-refractivity contribution in [1.82, 2.24) is 10.2 Å². The van der Waals surface area contributed by atoms with Crippen molar-refractivity contribution >= 4 is 45.4 Å². The zero-order valence-electron chi connectivity index (χ0n) is 20.1. The maximum atomic E-state index is 12.9. The van der Waals surface area contributed by atoms with Gasteiger partial charge in [-0.05, 0) is 54.1 Å². The average Bonchev–Trinajstić information content (AvgIpc) is 3.29. The van der Waals surface area contributed by atoms with E-state index < -0.39 is 10.9 Å². The van der Waals surface area contributed by atoms with Gasteiger partial charge in [0.05, 0.1) is 5.52 Å². The number of phenolic OH excluding ortho intramolecular Hbond substituents is 1. The Labute approximate surface area is 211 Å². The number of carbonyl (C=O) groups excluding carboxylic acids is 1. The van der Waals surface area contributed by atoms with E-state index in [0.717, 1.165) is 11.3 Å². The third-order valence-corrected chi connectivity index (χ3v) is 5.98. The highest BCUT2D eigenvalue weighted by molar-refractivity contribution is 6.08. The van der Waals surface area contributed by atoms with Crippen molar-refractivity contribution in [1.29, 1.82) is 0 Å². The molecule has 10 nitrogen and oxygen atoms in total. The smallest absolute Gasteiger partial charge is 0.256 e. The predicted octanol–water partition coefficient (Wildman–Crippen LogP) is 3.54. The number of carbonyl (C=O) groups is 1. The number of rotatable bonds is 8. The number of amides is 1. The van der Waals surface area contributed by atoms with Crippen molar-refractivity contribution < 1.29 is 9.90 Å². The molecule has 0 atom stereocenters. The van der Waals surface area contributed by atoms with E-state index >= 15 is 0 Å². The Morgan fingerprint density at radius 3 is 2.54 bits per heavy atom. The van der Waals surface area contributed by atoms with Crippen LogP contribution in [0.15, 0.2) is 76.3 Å². The summed E-state index contributed by atoms with van der Waals surface area (Å²) < 4.78 is 0. The third-order valence-electron chi connectivity index (χ3n) is 5.98. The molecular formula is C27H24N6O4. The normalized spacial score (nSPS) is 11.0. The van der Waals surface area contributed by atoms with Crippen LogP contribution < -0.4 is 31.7 Å². The summed E-state index contributed by atoms with van der Waals surface area (Å²) in [6.07, 6.45) is 0. The molecule has 1 amide bonds. The number of aromatic amines is 1. The molecule has 0 aliphatic carbocycles. The Bertz CT molecular complexity index is 1700. The lowest BCUT2D eigenvalue weighted by Gasteiger charge is -2.15. The van der Waals surface area contributed by atoms with Gasteiger partial charge in [-0.2, -0.15) is 5.10 Å². The van der Waals surface area contributed by atoms with E-state index in [9.17, 15) is 19.5 Å². The molecule has 186 valence electrons. The van der Waals surface area contributed by atoms with Gasteiger partial charge in [0.25, 0.3) is 16.8 Å². The van der Waals surface area contributed by atoms with Gasteiger partial charge >= 0.3 is 0 Å². The van der Waals surface area contributed by atoms with Gasteiger partial charge in [-0.3, -0.25) is 19.5 Å². The summed E-state index contributed by atoms with van der Waals surface area (Å²) in [5.74, 6) is 0.145. The lowest BCUT2D eigenvalue weighted by molar-refractivity contribution is 0.102. The SMILES string of the molecule is CN(C)c1cccc(C(=O)Nc2n[nH]c3ccc(Nc4c(NCc5cccc(O)c5)c(=O)c4=O)cc23)c1. The minimum atomic E-state index is -0.625. The van der Waals surface area contributed by atoms with Crippen LogP contribution in [-0.2, 0) is 6.54 Å². The molecule has 10 heteroatoms. The molecule has 0 aliphatic heterocycles. The number of hydrogen-bond donors (Lipinski definition) is 5. The van der Waals surface area contributed by atoms with Crippen molar-refractivity contribution in [3.05, 3.63) is 98.3 Å². The van der Waals surface area contributed by atoms with Crippen molar-refractivity contribution in [3.63, 3.8) is 0 Å². The molecule has 5 rings (SSSR count). The Morgan fingerprint density at radius 2 is 1.76 bits per heavy atom. The first-order valence-electron chi connectivity index (χ1n) is 11.5. The van der Waals surface area contributed by atoms with E-state index in [4.69, 9.17) is 0 Å². The van der Waals surface area contributed by atoms with Gasteiger partial charge in [-0.25, -0.2) is 0 Å². The molecular weight excluding hydrogens is 472 g/mol. The highest BCUT2D eigenvalue weighted by Crippen LogP contribution is 2.28. The summed E-state index contributed by atoms with van der Waals surface area (Å²) in [4.78, 5) is 39.2. The van der Waals surface area contributed by atoms with Crippen molar-refractivity contribution in [2.45, 2.75) is 6.54 Å². The summed E-state index contributed by atoms with van der Waals surface area (Å²) in [5, 5.41) is 26.2. The summed E-state index contributed by atoms with van der Waals surface area (Å²) in [6.45, 7) is 0.264. The van der Waals surface area contributed by atoms with Crippen LogP contribution >= 0.6 is 0 Å². The fourth-order valence-corrected chi connectivity index (χ4v) is 3.97. The lowest BCUT2D eigenvalue weighted by Crippen LogP contribution is -2.36. The van der Waals surface area contributed by atoms with E-state index in [1.54, 1.807) is 54.6 Å². The summed E-state index contributed by atoms with van der Waals surface area (Å²) in [7, 11) is 3.80. The molecule has 1 aromatic heterocycles. The van der Waals surface area contributed by atoms with Gasteiger partial charge in [-0.15, -0.1) is 0 Å². The molecule has 0 aliphatic rings. The average molecular weight is 497 g/mol. The molecule has 0 unspecified atom stereocenters. The first-order chi connectivity index (χ1) is 17.8. The molecule has 0 fully saturated rings. The molecule has 5 N–H and O–H groups in total. The second-order valence-electron chi connectivity index (χ2n) is 8.79. The highest BCUT2D eigenvalue weighted by Gasteiger charge is 2.21. The van der Waals surface area contributed by atoms with Crippen molar-refractivity contribution in [2.24, 2.45) is 0 Å². The number of hydrogen-bond acceptors (Lipinski definition) is 8. The van der Waals surface area contributed by atoms with Crippen LogP contribution in [0.5, 0.6) is 5.75 Å². The third kappa shape index (κ3) is 4.72. The Balaban J connectivity index is 1.35.